The van der Waals surface area contributed by atoms with Gasteiger partial charge in [-0.3, -0.25) is 14.6 Å². The van der Waals surface area contributed by atoms with Crippen LogP contribution in [0.1, 0.15) is 24.4 Å². The Labute approximate surface area is 169 Å². The molecule has 0 radical (unpaired) electrons. The van der Waals surface area contributed by atoms with Crippen molar-refractivity contribution in [1.82, 2.24) is 15.6 Å². The minimum atomic E-state index is -0.640. The van der Waals surface area contributed by atoms with Gasteiger partial charge in [0.1, 0.15) is 11.7 Å². The summed E-state index contributed by atoms with van der Waals surface area (Å²) in [6.45, 7) is 3.72. The molecule has 0 spiro atoms. The van der Waals surface area contributed by atoms with Crippen molar-refractivity contribution in [3.63, 3.8) is 0 Å². The zero-order valence-electron chi connectivity index (χ0n) is 16.6. The Bertz CT molecular complexity index is 992. The first-order valence-electron chi connectivity index (χ1n) is 9.33. The summed E-state index contributed by atoms with van der Waals surface area (Å²) < 4.78 is 5.66. The molecule has 1 aromatic carbocycles. The highest BCUT2D eigenvalue weighted by Gasteiger charge is 2.25. The lowest BCUT2D eigenvalue weighted by molar-refractivity contribution is -0.123. The molecular weight excluding hydrogens is 368 g/mol. The maximum absolute atomic E-state index is 12.5. The van der Waals surface area contributed by atoms with Crippen molar-refractivity contribution in [2.24, 2.45) is 5.92 Å². The van der Waals surface area contributed by atoms with E-state index in [0.29, 0.717) is 17.1 Å². The summed E-state index contributed by atoms with van der Waals surface area (Å²) in [6, 6.07) is 13.9. The van der Waals surface area contributed by atoms with Crippen LogP contribution in [0.2, 0.25) is 0 Å². The Kier molecular flexibility index (Phi) is 5.97. The van der Waals surface area contributed by atoms with Crippen molar-refractivity contribution < 1.29 is 14.0 Å². The third kappa shape index (κ3) is 4.63. The lowest BCUT2D eigenvalue weighted by Gasteiger charge is -2.19. The highest BCUT2D eigenvalue weighted by Crippen LogP contribution is 2.24. The zero-order chi connectivity index (χ0) is 21.0. The minimum Gasteiger partial charge on any atom is -0.449 e. The van der Waals surface area contributed by atoms with Crippen LogP contribution in [0.5, 0.6) is 0 Å². The average Bonchev–Trinajstić information content (AvgIpc) is 3.22. The number of carbonyl (C=O) groups excluding carboxylic acids is 2. The van der Waals surface area contributed by atoms with Crippen LogP contribution in [-0.2, 0) is 4.79 Å². The predicted octanol–water partition coefficient (Wildman–Crippen LogP) is 3.09. The van der Waals surface area contributed by atoms with E-state index >= 15 is 0 Å². The first-order valence-corrected chi connectivity index (χ1v) is 9.33. The molecule has 0 saturated carbocycles. The number of carbonyl (C=O) groups is 2. The molecule has 3 rings (SSSR count). The number of nitrogens with zero attached hydrogens (tertiary/aromatic N) is 1. The number of nitrogens with one attached hydrogen (secondary N) is 2. The van der Waals surface area contributed by atoms with Gasteiger partial charge in [0, 0.05) is 24.5 Å². The summed E-state index contributed by atoms with van der Waals surface area (Å²) in [5.41, 5.74) is 8.98. The summed E-state index contributed by atoms with van der Waals surface area (Å²) in [6.07, 6.45) is 1.74. The number of amides is 2. The van der Waals surface area contributed by atoms with E-state index in [1.165, 1.54) is 7.05 Å². The van der Waals surface area contributed by atoms with Gasteiger partial charge in [-0.1, -0.05) is 32.0 Å². The van der Waals surface area contributed by atoms with E-state index in [1.807, 2.05) is 50.2 Å². The molecule has 3 aromatic rings. The van der Waals surface area contributed by atoms with Crippen LogP contribution < -0.4 is 16.4 Å². The molecular formula is C22H24N4O3. The van der Waals surface area contributed by atoms with Crippen molar-refractivity contribution in [3.05, 3.63) is 60.5 Å². The van der Waals surface area contributed by atoms with E-state index in [2.05, 4.69) is 15.6 Å². The minimum absolute atomic E-state index is 0.0594. The quantitative estimate of drug-likeness (QED) is 0.558. The zero-order valence-corrected chi connectivity index (χ0v) is 16.6. The van der Waals surface area contributed by atoms with E-state index in [9.17, 15) is 9.59 Å². The van der Waals surface area contributed by atoms with Gasteiger partial charge in [-0.2, -0.15) is 0 Å². The highest BCUT2D eigenvalue weighted by molar-refractivity contribution is 5.96. The number of pyridine rings is 1. The molecule has 0 aliphatic rings. The van der Waals surface area contributed by atoms with Gasteiger partial charge in [-0.05, 0) is 41.8 Å². The van der Waals surface area contributed by atoms with Gasteiger partial charge in [0.05, 0.1) is 0 Å². The Morgan fingerprint density at radius 3 is 2.28 bits per heavy atom. The third-order valence-electron chi connectivity index (χ3n) is 4.57. The summed E-state index contributed by atoms with van der Waals surface area (Å²) in [7, 11) is 1.54. The van der Waals surface area contributed by atoms with Crippen molar-refractivity contribution in [2.45, 2.75) is 19.9 Å². The molecule has 2 heterocycles. The fourth-order valence-electron chi connectivity index (χ4n) is 2.89. The second kappa shape index (κ2) is 8.60. The van der Waals surface area contributed by atoms with Crippen LogP contribution in [0.4, 0.5) is 5.69 Å². The number of hydrogen-bond donors (Lipinski definition) is 3. The highest BCUT2D eigenvalue weighted by atomic mass is 16.4. The van der Waals surface area contributed by atoms with Crippen LogP contribution >= 0.6 is 0 Å². The molecule has 7 heteroatoms. The van der Waals surface area contributed by atoms with Crippen LogP contribution in [0.25, 0.3) is 22.6 Å². The monoisotopic (exact) mass is 392 g/mol. The second-order valence-corrected chi connectivity index (χ2v) is 7.03. The first kappa shape index (κ1) is 20.1. The number of hydrogen-bond acceptors (Lipinski definition) is 5. The van der Waals surface area contributed by atoms with Crippen molar-refractivity contribution in [2.75, 3.05) is 12.8 Å². The summed E-state index contributed by atoms with van der Waals surface area (Å²) in [4.78, 5) is 28.8. The van der Waals surface area contributed by atoms with E-state index in [4.69, 9.17) is 10.2 Å². The summed E-state index contributed by atoms with van der Waals surface area (Å²) >= 11 is 0. The molecule has 2 amide bonds. The number of nitrogens with two attached hydrogens (primary N) is 1. The SMILES string of the molecule is CNC(=O)[C@@H](NC(=O)c1ccc(-c2ccc(-c3ccc(N)cc3)cn2)o1)C(C)C. The van der Waals surface area contributed by atoms with Gasteiger partial charge in [-0.15, -0.1) is 0 Å². The smallest absolute Gasteiger partial charge is 0.287 e. The predicted molar refractivity (Wildman–Crippen MR) is 112 cm³/mol. The molecule has 0 saturated heterocycles. The Morgan fingerprint density at radius 1 is 1.00 bits per heavy atom. The Balaban J connectivity index is 1.74. The van der Waals surface area contributed by atoms with E-state index in [1.54, 1.807) is 18.3 Å². The van der Waals surface area contributed by atoms with E-state index in [-0.39, 0.29) is 17.6 Å². The van der Waals surface area contributed by atoms with Gasteiger partial charge in [0.25, 0.3) is 5.91 Å². The fraction of sp³-hybridized carbons (Fsp3) is 0.227. The number of likely N-dealkylation sites (N-methyl/N-ethyl adjacent to an activating group) is 1. The molecule has 150 valence electrons. The maximum atomic E-state index is 12.5. The van der Waals surface area contributed by atoms with Gasteiger partial charge in [0.2, 0.25) is 5.91 Å². The molecule has 0 fully saturated rings. The molecule has 0 unspecified atom stereocenters. The topological polar surface area (TPSA) is 110 Å². The van der Waals surface area contributed by atoms with E-state index < -0.39 is 11.9 Å². The lowest BCUT2D eigenvalue weighted by Crippen LogP contribution is -2.48. The van der Waals surface area contributed by atoms with Crippen molar-refractivity contribution >= 4 is 17.5 Å². The second-order valence-electron chi connectivity index (χ2n) is 7.03. The third-order valence-corrected chi connectivity index (χ3v) is 4.57. The lowest BCUT2D eigenvalue weighted by atomic mass is 10.0. The van der Waals surface area contributed by atoms with E-state index in [0.717, 1.165) is 11.1 Å². The van der Waals surface area contributed by atoms with Crippen LogP contribution in [0.15, 0.2) is 59.1 Å². The molecule has 29 heavy (non-hydrogen) atoms. The normalized spacial score (nSPS) is 11.9. The molecule has 4 N–H and O–H groups in total. The molecule has 0 aliphatic heterocycles. The van der Waals surface area contributed by atoms with Crippen LogP contribution in [0.3, 0.4) is 0 Å². The fourth-order valence-corrected chi connectivity index (χ4v) is 2.89. The Hall–Kier alpha value is -3.61. The van der Waals surface area contributed by atoms with Crippen LogP contribution in [-0.4, -0.2) is 29.9 Å². The Morgan fingerprint density at radius 2 is 1.69 bits per heavy atom. The summed E-state index contributed by atoms with van der Waals surface area (Å²) in [5.74, 6) is -0.160. The van der Waals surface area contributed by atoms with Gasteiger partial charge >= 0.3 is 0 Å². The number of furan rings is 1. The number of nitrogen functional groups attached to an aromatic ring is 1. The van der Waals surface area contributed by atoms with Crippen LogP contribution in [0, 0.1) is 5.92 Å². The van der Waals surface area contributed by atoms with Crippen molar-refractivity contribution in [3.8, 4) is 22.6 Å². The first-order chi connectivity index (χ1) is 13.9. The number of anilines is 1. The molecule has 7 nitrogen and oxygen atoms in total. The molecule has 2 aromatic heterocycles. The molecule has 0 aliphatic carbocycles. The largest absolute Gasteiger partial charge is 0.449 e. The number of benzene rings is 1. The van der Waals surface area contributed by atoms with Gasteiger partial charge in [0.15, 0.2) is 11.5 Å². The molecule has 0 bridgehead atoms. The van der Waals surface area contributed by atoms with Crippen molar-refractivity contribution in [1.29, 1.82) is 0 Å². The number of aromatic nitrogens is 1. The number of rotatable bonds is 6. The van der Waals surface area contributed by atoms with Gasteiger partial charge in [-0.25, -0.2) is 0 Å². The molecule has 1 atom stereocenters. The average molecular weight is 392 g/mol. The van der Waals surface area contributed by atoms with Gasteiger partial charge < -0.3 is 20.8 Å². The summed E-state index contributed by atoms with van der Waals surface area (Å²) in [5, 5.41) is 5.26. The maximum Gasteiger partial charge on any atom is 0.287 e. The standard InChI is InChI=1S/C22H24N4O3/c1-13(2)20(22(28)24-3)26-21(27)19-11-10-18(29-19)17-9-6-15(12-25-17)14-4-7-16(23)8-5-14/h4-13,20H,23H2,1-3H3,(H,24,28)(H,26,27)/t20-/m0/s1.